The average Bonchev–Trinajstić information content (AvgIpc) is 2.99. The molecule has 8 nitrogen and oxygen atoms in total. The summed E-state index contributed by atoms with van der Waals surface area (Å²) in [4.78, 5) is 20.1. The molecule has 0 radical (unpaired) electrons. The maximum Gasteiger partial charge on any atom is 0.583 e. The lowest BCUT2D eigenvalue weighted by Gasteiger charge is -2.37. The van der Waals surface area contributed by atoms with Crippen LogP contribution in [0.15, 0.2) is 56.8 Å². The van der Waals surface area contributed by atoms with Crippen LogP contribution in [0.4, 0.5) is 24.7 Å². The second-order valence-corrected chi connectivity index (χ2v) is 12.8. The van der Waals surface area contributed by atoms with E-state index in [4.69, 9.17) is 20.8 Å². The van der Waals surface area contributed by atoms with E-state index in [1.54, 1.807) is 44.2 Å². The summed E-state index contributed by atoms with van der Waals surface area (Å²) in [5, 5.41) is 17.2. The molecule has 0 bridgehead atoms. The first kappa shape index (κ1) is 31.0. The Hall–Kier alpha value is -4.03. The first-order chi connectivity index (χ1) is 21.2. The van der Waals surface area contributed by atoms with Gasteiger partial charge in [-0.3, -0.25) is 4.79 Å². The Morgan fingerprint density at radius 2 is 1.87 bits per heavy atom. The first-order valence-electron chi connectivity index (χ1n) is 14.6. The predicted octanol–water partition coefficient (Wildman–Crippen LogP) is 6.69. The molecule has 2 aliphatic rings. The van der Waals surface area contributed by atoms with E-state index in [0.29, 0.717) is 46.9 Å². The minimum Gasteiger partial charge on any atom is -0.440 e. The summed E-state index contributed by atoms with van der Waals surface area (Å²) < 4.78 is 53.7. The molecule has 6 rings (SSSR count). The van der Waals surface area contributed by atoms with Gasteiger partial charge in [-0.15, -0.1) is 5.16 Å². The number of piperidine rings is 1. The maximum absolute atomic E-state index is 14.1. The smallest absolute Gasteiger partial charge is 0.440 e. The Labute approximate surface area is 263 Å². The van der Waals surface area contributed by atoms with Gasteiger partial charge >= 0.3 is 13.3 Å². The average molecular weight is 639 g/mol. The molecule has 1 fully saturated rings. The molecule has 0 unspecified atom stereocenters. The summed E-state index contributed by atoms with van der Waals surface area (Å²) in [6, 6.07) is 9.56. The molecule has 234 valence electrons. The summed E-state index contributed by atoms with van der Waals surface area (Å²) in [7, 11) is -1.21. The monoisotopic (exact) mass is 638 g/mol. The first-order valence-corrected chi connectivity index (χ1v) is 15.0. The normalized spacial score (nSPS) is 16.8. The number of halogens is 4. The number of rotatable bonds is 5. The molecule has 0 spiro atoms. The summed E-state index contributed by atoms with van der Waals surface area (Å²) in [5.41, 5.74) is 1.93. The third kappa shape index (κ3) is 6.01. The molecule has 2 aromatic heterocycles. The lowest BCUT2D eigenvalue weighted by molar-refractivity contribution is -0.137. The Kier molecular flexibility index (Phi) is 7.85. The molecule has 0 aliphatic carbocycles. The van der Waals surface area contributed by atoms with Crippen molar-refractivity contribution in [3.63, 3.8) is 0 Å². The van der Waals surface area contributed by atoms with Crippen LogP contribution in [0.5, 0.6) is 0 Å². The summed E-state index contributed by atoms with van der Waals surface area (Å²) >= 11 is 6.27. The topological polar surface area (TPSA) is 100 Å². The number of hydrogen-bond donors (Lipinski definition) is 2. The fourth-order valence-corrected chi connectivity index (χ4v) is 6.00. The SMILES string of the molecule is Cc1c(N2CCC(C)(C)CC2)oc2c([C@@H](C)Nc3ccc(Cl)nc3-c3ccc4c(c3)C=NOB4O)cc(C(F)(F)F)cc2c1=O. The van der Waals surface area contributed by atoms with Gasteiger partial charge in [-0.1, -0.05) is 37.6 Å². The summed E-state index contributed by atoms with van der Waals surface area (Å²) in [6.45, 7) is 9.01. The lowest BCUT2D eigenvalue weighted by atomic mass is 9.75. The quantitative estimate of drug-likeness (QED) is 0.186. The van der Waals surface area contributed by atoms with Gasteiger partial charge in [0.2, 0.25) is 5.88 Å². The maximum atomic E-state index is 14.1. The van der Waals surface area contributed by atoms with Gasteiger partial charge < -0.3 is 24.4 Å². The van der Waals surface area contributed by atoms with Crippen LogP contribution in [0.2, 0.25) is 5.15 Å². The fourth-order valence-electron chi connectivity index (χ4n) is 5.85. The van der Waals surface area contributed by atoms with Gasteiger partial charge in [-0.05, 0) is 68.0 Å². The molecule has 2 N–H and O–H groups in total. The fraction of sp³-hybridized carbons (Fsp3) is 0.344. The van der Waals surface area contributed by atoms with Gasteiger partial charge in [0.25, 0.3) is 0 Å². The number of hydrogen-bond acceptors (Lipinski definition) is 8. The highest BCUT2D eigenvalue weighted by Crippen LogP contribution is 2.39. The molecule has 13 heteroatoms. The number of benzene rings is 2. The Bertz CT molecular complexity index is 1890. The minimum atomic E-state index is -4.69. The molecule has 4 aromatic rings. The van der Waals surface area contributed by atoms with Crippen LogP contribution in [0.3, 0.4) is 0 Å². The molecule has 2 aliphatic heterocycles. The number of nitrogens with one attached hydrogen (secondary N) is 1. The van der Waals surface area contributed by atoms with Crippen LogP contribution in [0.25, 0.3) is 22.2 Å². The van der Waals surface area contributed by atoms with Crippen molar-refractivity contribution in [2.45, 2.75) is 52.8 Å². The predicted molar refractivity (Wildman–Crippen MR) is 170 cm³/mol. The van der Waals surface area contributed by atoms with Gasteiger partial charge in [-0.2, -0.15) is 13.2 Å². The van der Waals surface area contributed by atoms with Crippen LogP contribution in [-0.4, -0.2) is 36.4 Å². The molecular formula is C32H31BClF3N4O4. The summed E-state index contributed by atoms with van der Waals surface area (Å²) in [5.74, 6) is 0.381. The van der Waals surface area contributed by atoms with Gasteiger partial charge in [0, 0.05) is 29.7 Å². The van der Waals surface area contributed by atoms with Crippen molar-refractivity contribution in [1.82, 2.24) is 4.98 Å². The van der Waals surface area contributed by atoms with Gasteiger partial charge in [-0.25, -0.2) is 4.98 Å². The number of oxime groups is 1. The van der Waals surface area contributed by atoms with E-state index in [1.165, 1.54) is 6.21 Å². The number of nitrogens with zero attached hydrogens (tertiary/aromatic N) is 3. The standard InChI is InChI=1S/C32H31BClF3N4O4/c1-17-28(42)23-15-21(32(35,36)37)14-22(29(23)44-30(17)41-11-9-31(3,4)10-12-41)18(2)39-25-7-8-26(34)40-27(25)19-5-6-24-20(13-19)16-38-45-33(24)43/h5-8,13-16,18,39,43H,9-12H2,1-4H3/t18-/m1/s1. The van der Waals surface area contributed by atoms with Crippen molar-refractivity contribution >= 4 is 52.9 Å². The van der Waals surface area contributed by atoms with Crippen molar-refractivity contribution in [2.75, 3.05) is 23.3 Å². The zero-order valence-electron chi connectivity index (χ0n) is 25.1. The molecule has 1 saturated heterocycles. The summed E-state index contributed by atoms with van der Waals surface area (Å²) in [6.07, 6.45) is -1.45. The van der Waals surface area contributed by atoms with E-state index in [2.05, 4.69) is 29.3 Å². The van der Waals surface area contributed by atoms with Crippen molar-refractivity contribution in [3.05, 3.63) is 80.1 Å². The van der Waals surface area contributed by atoms with Gasteiger partial charge in [0.15, 0.2) is 5.43 Å². The van der Waals surface area contributed by atoms with Crippen molar-refractivity contribution in [1.29, 1.82) is 0 Å². The molecule has 0 amide bonds. The van der Waals surface area contributed by atoms with Crippen LogP contribution in [0, 0.1) is 12.3 Å². The minimum absolute atomic E-state index is 0.0980. The molecule has 1 atom stereocenters. The molecule has 2 aromatic carbocycles. The Balaban J connectivity index is 1.45. The van der Waals surface area contributed by atoms with Gasteiger partial charge in [0.05, 0.1) is 40.2 Å². The van der Waals surface area contributed by atoms with E-state index < -0.39 is 30.3 Å². The number of anilines is 2. The van der Waals surface area contributed by atoms with Crippen LogP contribution < -0.4 is 21.1 Å². The highest BCUT2D eigenvalue weighted by Gasteiger charge is 2.34. The lowest BCUT2D eigenvalue weighted by Crippen LogP contribution is -2.38. The Morgan fingerprint density at radius 3 is 2.58 bits per heavy atom. The number of pyridine rings is 1. The second-order valence-electron chi connectivity index (χ2n) is 12.4. The third-order valence-electron chi connectivity index (χ3n) is 8.63. The molecule has 45 heavy (non-hydrogen) atoms. The third-order valence-corrected chi connectivity index (χ3v) is 8.84. The zero-order chi connectivity index (χ0) is 32.3. The second kappa shape index (κ2) is 11.4. The van der Waals surface area contributed by atoms with E-state index in [9.17, 15) is 23.0 Å². The van der Waals surface area contributed by atoms with Crippen molar-refractivity contribution < 1.29 is 27.4 Å². The van der Waals surface area contributed by atoms with Crippen LogP contribution in [-0.2, 0) is 10.9 Å². The number of fused-ring (bicyclic) bond motifs is 2. The van der Waals surface area contributed by atoms with Gasteiger partial charge in [0.1, 0.15) is 10.7 Å². The van der Waals surface area contributed by atoms with Crippen LogP contribution in [0.1, 0.15) is 61.9 Å². The Morgan fingerprint density at radius 1 is 1.13 bits per heavy atom. The van der Waals surface area contributed by atoms with E-state index in [-0.39, 0.29) is 32.7 Å². The van der Waals surface area contributed by atoms with Crippen LogP contribution >= 0.6 is 11.6 Å². The highest BCUT2D eigenvalue weighted by molar-refractivity contribution is 6.62. The van der Waals surface area contributed by atoms with E-state index in [0.717, 1.165) is 25.0 Å². The van der Waals surface area contributed by atoms with E-state index in [1.807, 2.05) is 4.90 Å². The molecular weight excluding hydrogens is 608 g/mol. The van der Waals surface area contributed by atoms with Crippen molar-refractivity contribution in [3.8, 4) is 11.3 Å². The molecule has 0 saturated carbocycles. The largest absolute Gasteiger partial charge is 0.583 e. The highest BCUT2D eigenvalue weighted by atomic mass is 35.5. The zero-order valence-corrected chi connectivity index (χ0v) is 25.9. The number of alkyl halides is 3. The number of aromatic nitrogens is 1. The molecule has 4 heterocycles. The van der Waals surface area contributed by atoms with E-state index >= 15 is 0 Å². The van der Waals surface area contributed by atoms with Crippen molar-refractivity contribution in [2.24, 2.45) is 10.6 Å².